The van der Waals surface area contributed by atoms with Gasteiger partial charge in [-0.1, -0.05) is 23.7 Å². The van der Waals surface area contributed by atoms with E-state index in [1.807, 2.05) is 24.3 Å². The van der Waals surface area contributed by atoms with E-state index < -0.39 is 0 Å². The molecule has 0 unspecified atom stereocenters. The third-order valence-electron chi connectivity index (χ3n) is 2.74. The molecule has 0 saturated heterocycles. The fourth-order valence-corrected chi connectivity index (χ4v) is 2.12. The second kappa shape index (κ2) is 6.76. The number of hydrogen-bond acceptors (Lipinski definition) is 4. The molecule has 0 aliphatic carbocycles. The highest BCUT2D eigenvalue weighted by atomic mass is 35.5. The van der Waals surface area contributed by atoms with E-state index in [0.717, 1.165) is 23.8 Å². The predicted molar refractivity (Wildman–Crippen MR) is 89.1 cm³/mol. The van der Waals surface area contributed by atoms with Gasteiger partial charge in [-0.25, -0.2) is 4.98 Å². The average molecular weight is 305 g/mol. The molecule has 0 atom stereocenters. The molecular formula is C16H21ClN4. The lowest BCUT2D eigenvalue weighted by atomic mass is 10.1. The van der Waals surface area contributed by atoms with Crippen molar-refractivity contribution < 1.29 is 0 Å². The van der Waals surface area contributed by atoms with Crippen LogP contribution in [0.3, 0.4) is 0 Å². The van der Waals surface area contributed by atoms with Crippen LogP contribution in [0.15, 0.2) is 36.5 Å². The molecule has 0 spiro atoms. The summed E-state index contributed by atoms with van der Waals surface area (Å²) in [6.07, 6.45) is 2.63. The summed E-state index contributed by atoms with van der Waals surface area (Å²) in [5.41, 5.74) is 1.17. The Bertz CT molecular complexity index is 593. The van der Waals surface area contributed by atoms with Gasteiger partial charge in [-0.3, -0.25) is 0 Å². The van der Waals surface area contributed by atoms with Gasteiger partial charge in [0.1, 0.15) is 5.82 Å². The largest absolute Gasteiger partial charge is 0.365 e. The van der Waals surface area contributed by atoms with Crippen LogP contribution in [0.4, 0.5) is 11.8 Å². The number of nitrogens with one attached hydrogen (secondary N) is 2. The zero-order chi connectivity index (χ0) is 15.3. The van der Waals surface area contributed by atoms with Crippen molar-refractivity contribution in [3.8, 4) is 0 Å². The molecule has 2 rings (SSSR count). The van der Waals surface area contributed by atoms with Crippen LogP contribution >= 0.6 is 11.6 Å². The monoisotopic (exact) mass is 304 g/mol. The highest BCUT2D eigenvalue weighted by Crippen LogP contribution is 2.13. The van der Waals surface area contributed by atoms with Crippen molar-refractivity contribution in [1.29, 1.82) is 0 Å². The van der Waals surface area contributed by atoms with Gasteiger partial charge in [0.15, 0.2) is 0 Å². The number of anilines is 2. The third kappa shape index (κ3) is 5.60. The maximum atomic E-state index is 5.97. The summed E-state index contributed by atoms with van der Waals surface area (Å²) in [5.74, 6) is 1.45. The number of aromatic nitrogens is 2. The van der Waals surface area contributed by atoms with E-state index >= 15 is 0 Å². The molecule has 5 heteroatoms. The molecule has 0 bridgehead atoms. The lowest BCUT2D eigenvalue weighted by Gasteiger charge is -2.21. The molecule has 0 aliphatic heterocycles. The van der Waals surface area contributed by atoms with Crippen LogP contribution in [0, 0.1) is 0 Å². The third-order valence-corrected chi connectivity index (χ3v) is 2.98. The Balaban J connectivity index is 1.90. The van der Waals surface area contributed by atoms with Gasteiger partial charge in [-0.15, -0.1) is 0 Å². The first-order chi connectivity index (χ1) is 9.92. The summed E-state index contributed by atoms with van der Waals surface area (Å²) >= 11 is 5.97. The van der Waals surface area contributed by atoms with E-state index in [1.54, 1.807) is 6.20 Å². The van der Waals surface area contributed by atoms with Crippen LogP contribution in [-0.4, -0.2) is 22.1 Å². The Morgan fingerprint density at radius 3 is 2.71 bits per heavy atom. The standard InChI is InChI=1S/C16H21ClN4/c1-16(2,3)21-14-8-10-19-15(20-14)18-9-7-12-5-4-6-13(17)11-12/h4-6,8,10-11H,7,9H2,1-3H3,(H2,18,19,20,21). The van der Waals surface area contributed by atoms with E-state index in [2.05, 4.69) is 47.4 Å². The van der Waals surface area contributed by atoms with Crippen molar-refractivity contribution >= 4 is 23.4 Å². The molecular weight excluding hydrogens is 284 g/mol. The van der Waals surface area contributed by atoms with Gasteiger partial charge in [0.2, 0.25) is 5.95 Å². The minimum atomic E-state index is -0.0214. The highest BCUT2D eigenvalue weighted by Gasteiger charge is 2.10. The first-order valence-electron chi connectivity index (χ1n) is 7.02. The van der Waals surface area contributed by atoms with E-state index in [9.17, 15) is 0 Å². The zero-order valence-electron chi connectivity index (χ0n) is 12.7. The molecule has 2 N–H and O–H groups in total. The number of halogens is 1. The SMILES string of the molecule is CC(C)(C)Nc1ccnc(NCCc2cccc(Cl)c2)n1. The van der Waals surface area contributed by atoms with Crippen LogP contribution in [0.5, 0.6) is 0 Å². The summed E-state index contributed by atoms with van der Waals surface area (Å²) in [6, 6.07) is 9.74. The van der Waals surface area contributed by atoms with Crippen molar-refractivity contribution in [3.63, 3.8) is 0 Å². The summed E-state index contributed by atoms with van der Waals surface area (Å²) in [4.78, 5) is 8.68. The number of rotatable bonds is 5. The normalized spacial score (nSPS) is 11.2. The molecule has 0 saturated carbocycles. The summed E-state index contributed by atoms with van der Waals surface area (Å²) in [5, 5.41) is 7.33. The first-order valence-corrected chi connectivity index (χ1v) is 7.40. The molecule has 2 aromatic rings. The van der Waals surface area contributed by atoms with E-state index in [-0.39, 0.29) is 5.54 Å². The van der Waals surface area contributed by atoms with Crippen molar-refractivity contribution in [1.82, 2.24) is 9.97 Å². The lowest BCUT2D eigenvalue weighted by molar-refractivity contribution is 0.630. The smallest absolute Gasteiger partial charge is 0.224 e. The van der Waals surface area contributed by atoms with Crippen molar-refractivity contribution in [2.45, 2.75) is 32.7 Å². The van der Waals surface area contributed by atoms with Crippen LogP contribution in [-0.2, 0) is 6.42 Å². The number of hydrogen-bond donors (Lipinski definition) is 2. The topological polar surface area (TPSA) is 49.8 Å². The molecule has 0 radical (unpaired) electrons. The van der Waals surface area contributed by atoms with Gasteiger partial charge in [0.25, 0.3) is 0 Å². The molecule has 0 fully saturated rings. The van der Waals surface area contributed by atoms with Crippen molar-refractivity contribution in [3.05, 3.63) is 47.1 Å². The fraction of sp³-hybridized carbons (Fsp3) is 0.375. The van der Waals surface area contributed by atoms with Crippen molar-refractivity contribution in [2.75, 3.05) is 17.2 Å². The second-order valence-corrected chi connectivity index (χ2v) is 6.38. The Morgan fingerprint density at radius 1 is 1.19 bits per heavy atom. The van der Waals surface area contributed by atoms with E-state index in [1.165, 1.54) is 5.56 Å². The number of nitrogens with zero attached hydrogens (tertiary/aromatic N) is 2. The maximum absolute atomic E-state index is 5.97. The molecule has 21 heavy (non-hydrogen) atoms. The predicted octanol–water partition coefficient (Wildman–Crippen LogP) is 4.00. The quantitative estimate of drug-likeness (QED) is 0.877. The summed E-state index contributed by atoms with van der Waals surface area (Å²) in [6.45, 7) is 7.06. The summed E-state index contributed by atoms with van der Waals surface area (Å²) in [7, 11) is 0. The molecule has 1 heterocycles. The Kier molecular flexibility index (Phi) is 5.02. The molecule has 0 amide bonds. The molecule has 112 valence electrons. The Hall–Kier alpha value is -1.81. The van der Waals surface area contributed by atoms with Crippen LogP contribution in [0.25, 0.3) is 0 Å². The fourth-order valence-electron chi connectivity index (χ4n) is 1.91. The van der Waals surface area contributed by atoms with Gasteiger partial charge >= 0.3 is 0 Å². The van der Waals surface area contributed by atoms with Gasteiger partial charge in [0, 0.05) is 23.3 Å². The van der Waals surface area contributed by atoms with Crippen LogP contribution < -0.4 is 10.6 Å². The average Bonchev–Trinajstić information content (AvgIpc) is 2.37. The van der Waals surface area contributed by atoms with Gasteiger partial charge < -0.3 is 10.6 Å². The van der Waals surface area contributed by atoms with Gasteiger partial charge in [-0.05, 0) is 51.0 Å². The second-order valence-electron chi connectivity index (χ2n) is 5.95. The Labute approximate surface area is 131 Å². The van der Waals surface area contributed by atoms with Gasteiger partial charge in [-0.2, -0.15) is 4.98 Å². The molecule has 4 nitrogen and oxygen atoms in total. The van der Waals surface area contributed by atoms with Gasteiger partial charge in [0.05, 0.1) is 0 Å². The first kappa shape index (κ1) is 15.6. The van der Waals surface area contributed by atoms with E-state index in [4.69, 9.17) is 11.6 Å². The zero-order valence-corrected chi connectivity index (χ0v) is 13.4. The molecule has 1 aromatic heterocycles. The highest BCUT2D eigenvalue weighted by molar-refractivity contribution is 6.30. The lowest BCUT2D eigenvalue weighted by Crippen LogP contribution is -2.26. The Morgan fingerprint density at radius 2 is 2.00 bits per heavy atom. The molecule has 0 aliphatic rings. The number of benzene rings is 1. The minimum absolute atomic E-state index is 0.0214. The maximum Gasteiger partial charge on any atom is 0.224 e. The van der Waals surface area contributed by atoms with E-state index in [0.29, 0.717) is 5.95 Å². The van der Waals surface area contributed by atoms with Crippen molar-refractivity contribution in [2.24, 2.45) is 0 Å². The summed E-state index contributed by atoms with van der Waals surface area (Å²) < 4.78 is 0. The van der Waals surface area contributed by atoms with Crippen LogP contribution in [0.2, 0.25) is 5.02 Å². The van der Waals surface area contributed by atoms with Crippen LogP contribution in [0.1, 0.15) is 26.3 Å². The molecule has 1 aromatic carbocycles. The minimum Gasteiger partial charge on any atom is -0.365 e.